The Morgan fingerprint density at radius 2 is 1.81 bits per heavy atom. The van der Waals surface area contributed by atoms with Crippen molar-refractivity contribution in [2.24, 2.45) is 0 Å². The third-order valence-electron chi connectivity index (χ3n) is 4.46. The molecule has 0 radical (unpaired) electrons. The number of rotatable bonds is 3. The van der Waals surface area contributed by atoms with Gasteiger partial charge in [0.1, 0.15) is 0 Å². The lowest BCUT2D eigenvalue weighted by Crippen LogP contribution is -2.47. The average molecular weight is 305 g/mol. The summed E-state index contributed by atoms with van der Waals surface area (Å²) in [6, 6.07) is 9.42. The van der Waals surface area contributed by atoms with Crippen LogP contribution in [0.2, 0.25) is 0 Å². The Labute approximate surface area is 125 Å². The molecule has 0 saturated heterocycles. The number of benzene rings is 1. The van der Waals surface area contributed by atoms with Gasteiger partial charge in [0, 0.05) is 5.41 Å². The molecule has 1 aliphatic heterocycles. The molecule has 0 unspecified atom stereocenters. The molecule has 1 N–H and O–H groups in total. The molecule has 1 amide bonds. The number of hydrogen-bond donors (Lipinski definition) is 1. The van der Waals surface area contributed by atoms with Crippen LogP contribution in [0.25, 0.3) is 0 Å². The van der Waals surface area contributed by atoms with Crippen molar-refractivity contribution >= 4 is 15.7 Å². The molecule has 1 aliphatic carbocycles. The van der Waals surface area contributed by atoms with Crippen LogP contribution in [0, 0.1) is 0 Å². The summed E-state index contributed by atoms with van der Waals surface area (Å²) < 4.78 is 22.9. The second kappa shape index (κ2) is 5.30. The van der Waals surface area contributed by atoms with Crippen LogP contribution in [0.5, 0.6) is 0 Å². The van der Waals surface area contributed by atoms with Crippen LogP contribution in [-0.4, -0.2) is 26.1 Å². The highest BCUT2D eigenvalue weighted by molar-refractivity contribution is 7.94. The Bertz CT molecular complexity index is 658. The van der Waals surface area contributed by atoms with Crippen LogP contribution < -0.4 is 5.32 Å². The van der Waals surface area contributed by atoms with Gasteiger partial charge in [0.25, 0.3) is 0 Å². The highest BCUT2D eigenvalue weighted by atomic mass is 32.2. The summed E-state index contributed by atoms with van der Waals surface area (Å²) >= 11 is 0. The van der Waals surface area contributed by atoms with Crippen LogP contribution in [0.4, 0.5) is 0 Å². The first-order valence-corrected chi connectivity index (χ1v) is 9.01. The summed E-state index contributed by atoms with van der Waals surface area (Å²) in [4.78, 5) is 12.8. The van der Waals surface area contributed by atoms with E-state index in [1.807, 2.05) is 30.3 Å². The van der Waals surface area contributed by atoms with Crippen LogP contribution >= 0.6 is 0 Å². The molecule has 1 saturated carbocycles. The Balaban J connectivity index is 1.82. The average Bonchev–Trinajstić information content (AvgIpc) is 3.07. The standard InChI is InChI=1S/C16H19NO3S/c18-15(17-14-8-11-21(19,20)12-14)16(9-4-5-10-16)13-6-2-1-3-7-13/h1-3,6-8,11,14H,4-5,9-10,12H2,(H,17,18)/t14-/m0/s1. The molecule has 3 rings (SSSR count). The van der Waals surface area contributed by atoms with Gasteiger partial charge in [0.2, 0.25) is 5.91 Å². The van der Waals surface area contributed by atoms with Crippen molar-refractivity contribution in [2.75, 3.05) is 5.75 Å². The smallest absolute Gasteiger partial charge is 0.231 e. The normalized spacial score (nSPS) is 25.8. The van der Waals surface area contributed by atoms with Gasteiger partial charge in [-0.2, -0.15) is 0 Å². The Kier molecular flexibility index (Phi) is 3.61. The number of nitrogens with one attached hydrogen (secondary N) is 1. The minimum atomic E-state index is -3.14. The van der Waals surface area contributed by atoms with Crippen molar-refractivity contribution in [1.29, 1.82) is 0 Å². The molecule has 1 fully saturated rings. The maximum absolute atomic E-state index is 12.8. The molecule has 0 bridgehead atoms. The van der Waals surface area contributed by atoms with Gasteiger partial charge >= 0.3 is 0 Å². The van der Waals surface area contributed by atoms with E-state index in [0.717, 1.165) is 31.2 Å². The van der Waals surface area contributed by atoms with E-state index in [1.165, 1.54) is 5.41 Å². The van der Waals surface area contributed by atoms with Gasteiger partial charge < -0.3 is 5.32 Å². The predicted molar refractivity (Wildman–Crippen MR) is 81.4 cm³/mol. The second-order valence-electron chi connectivity index (χ2n) is 5.89. The maximum Gasteiger partial charge on any atom is 0.231 e. The monoisotopic (exact) mass is 305 g/mol. The molecule has 21 heavy (non-hydrogen) atoms. The highest BCUT2D eigenvalue weighted by Gasteiger charge is 2.43. The van der Waals surface area contributed by atoms with Gasteiger partial charge in [-0.05, 0) is 24.5 Å². The van der Waals surface area contributed by atoms with E-state index >= 15 is 0 Å². The third-order valence-corrected chi connectivity index (χ3v) is 5.86. The molecule has 0 spiro atoms. The van der Waals surface area contributed by atoms with Gasteiger partial charge in [-0.1, -0.05) is 43.2 Å². The predicted octanol–water partition coefficient (Wildman–Crippen LogP) is 1.93. The molecule has 1 atom stereocenters. The Morgan fingerprint density at radius 1 is 1.14 bits per heavy atom. The molecule has 2 aliphatic rings. The third kappa shape index (κ3) is 2.75. The van der Waals surface area contributed by atoms with Crippen LogP contribution in [0.3, 0.4) is 0 Å². The first-order valence-electron chi connectivity index (χ1n) is 7.29. The summed E-state index contributed by atoms with van der Waals surface area (Å²) in [6.45, 7) is 0. The topological polar surface area (TPSA) is 63.2 Å². The number of hydrogen-bond acceptors (Lipinski definition) is 3. The molecular formula is C16H19NO3S. The van der Waals surface area contributed by atoms with E-state index in [9.17, 15) is 13.2 Å². The lowest BCUT2D eigenvalue weighted by molar-refractivity contribution is -0.127. The SMILES string of the molecule is O=C(N[C@H]1C=CS(=O)(=O)C1)C1(c2ccccc2)CCCC1. The second-order valence-corrected chi connectivity index (χ2v) is 7.82. The zero-order valence-corrected chi connectivity index (χ0v) is 12.6. The molecule has 112 valence electrons. The van der Waals surface area contributed by atoms with E-state index in [-0.39, 0.29) is 11.7 Å². The van der Waals surface area contributed by atoms with Crippen molar-refractivity contribution in [1.82, 2.24) is 5.32 Å². The molecule has 1 heterocycles. The summed E-state index contributed by atoms with van der Waals surface area (Å²) in [5, 5.41) is 4.11. The lowest BCUT2D eigenvalue weighted by Gasteiger charge is -2.29. The van der Waals surface area contributed by atoms with E-state index in [0.29, 0.717) is 0 Å². The molecule has 0 aromatic heterocycles. The number of carbonyl (C=O) groups is 1. The van der Waals surface area contributed by atoms with Crippen molar-refractivity contribution < 1.29 is 13.2 Å². The fraction of sp³-hybridized carbons (Fsp3) is 0.438. The van der Waals surface area contributed by atoms with Crippen LogP contribution in [0.15, 0.2) is 41.8 Å². The summed E-state index contributed by atoms with van der Waals surface area (Å²) in [6.07, 6.45) is 5.28. The van der Waals surface area contributed by atoms with Gasteiger partial charge in [0.05, 0.1) is 17.2 Å². The molecule has 1 aromatic carbocycles. The Hall–Kier alpha value is -1.62. The number of amides is 1. The minimum absolute atomic E-state index is 0.0242. The van der Waals surface area contributed by atoms with E-state index in [2.05, 4.69) is 5.32 Å². The van der Waals surface area contributed by atoms with Gasteiger partial charge in [-0.25, -0.2) is 8.42 Å². The fourth-order valence-corrected chi connectivity index (χ4v) is 4.59. The lowest BCUT2D eigenvalue weighted by atomic mass is 9.78. The van der Waals surface area contributed by atoms with Gasteiger partial charge in [-0.3, -0.25) is 4.79 Å². The molecule has 5 heteroatoms. The fourth-order valence-electron chi connectivity index (χ4n) is 3.35. The molecule has 4 nitrogen and oxygen atoms in total. The first-order chi connectivity index (χ1) is 10.0. The molecule has 1 aromatic rings. The maximum atomic E-state index is 12.8. The van der Waals surface area contributed by atoms with Crippen molar-refractivity contribution in [3.05, 3.63) is 47.4 Å². The van der Waals surface area contributed by atoms with Crippen molar-refractivity contribution in [3.63, 3.8) is 0 Å². The summed E-state index contributed by atoms with van der Waals surface area (Å²) in [5.41, 5.74) is 0.534. The molecular weight excluding hydrogens is 286 g/mol. The zero-order valence-electron chi connectivity index (χ0n) is 11.8. The van der Waals surface area contributed by atoms with Gasteiger partial charge in [-0.15, -0.1) is 0 Å². The van der Waals surface area contributed by atoms with Gasteiger partial charge in [0.15, 0.2) is 9.84 Å². The first kappa shape index (κ1) is 14.3. The Morgan fingerprint density at radius 3 is 2.38 bits per heavy atom. The summed E-state index contributed by atoms with van der Waals surface area (Å²) in [5.74, 6) is -0.0678. The van der Waals surface area contributed by atoms with Crippen LogP contribution in [0.1, 0.15) is 31.2 Å². The van der Waals surface area contributed by atoms with Crippen molar-refractivity contribution in [3.8, 4) is 0 Å². The quantitative estimate of drug-likeness (QED) is 0.928. The zero-order chi connectivity index (χ0) is 14.9. The van der Waals surface area contributed by atoms with Crippen molar-refractivity contribution in [2.45, 2.75) is 37.1 Å². The number of carbonyl (C=O) groups excluding carboxylic acids is 1. The minimum Gasteiger partial charge on any atom is -0.348 e. The largest absolute Gasteiger partial charge is 0.348 e. The highest BCUT2D eigenvalue weighted by Crippen LogP contribution is 2.41. The van der Waals surface area contributed by atoms with Crippen LogP contribution in [-0.2, 0) is 20.0 Å². The number of sulfone groups is 1. The van der Waals surface area contributed by atoms with E-state index < -0.39 is 21.3 Å². The summed E-state index contributed by atoms with van der Waals surface area (Å²) in [7, 11) is -3.14. The van der Waals surface area contributed by atoms with E-state index in [1.54, 1.807) is 6.08 Å². The van der Waals surface area contributed by atoms with E-state index in [4.69, 9.17) is 0 Å².